The Morgan fingerprint density at radius 2 is 2.33 bits per heavy atom. The molecule has 0 aromatic heterocycles. The molecule has 1 rings (SSSR count). The van der Waals surface area contributed by atoms with E-state index < -0.39 is 17.7 Å². The van der Waals surface area contributed by atoms with Gasteiger partial charge in [-0.3, -0.25) is 10.5 Å². The summed E-state index contributed by atoms with van der Waals surface area (Å²) in [5, 5.41) is 9.50. The molecule has 0 unspecified atom stereocenters. The number of Topliss-reactive ketones (excluding diaryl/α,β-unsaturated/α-hetero) is 1. The summed E-state index contributed by atoms with van der Waals surface area (Å²) in [5.41, 5.74) is 2.97. The fourth-order valence-corrected chi connectivity index (χ4v) is 1.03. The minimum Gasteiger partial charge on any atom is -0.377 e. The molecule has 0 aromatic carbocycles. The van der Waals surface area contributed by atoms with Crippen molar-refractivity contribution in [1.29, 1.82) is 0 Å². The summed E-state index contributed by atoms with van der Waals surface area (Å²) >= 11 is 0. The van der Waals surface area contributed by atoms with E-state index in [2.05, 4.69) is 0 Å². The van der Waals surface area contributed by atoms with Crippen LogP contribution in [0.15, 0.2) is 24.3 Å². The molecule has 66 valence electrons. The van der Waals surface area contributed by atoms with Gasteiger partial charge in [-0.25, -0.2) is 4.39 Å². The van der Waals surface area contributed by atoms with Crippen molar-refractivity contribution in [3.8, 4) is 0 Å². The highest BCUT2D eigenvalue weighted by atomic mass is 19.1. The topological polar surface area (TPSA) is 63.3 Å². The Morgan fingerprint density at radius 1 is 1.67 bits per heavy atom. The first kappa shape index (κ1) is 9.09. The quantitative estimate of drug-likeness (QED) is 0.577. The summed E-state index contributed by atoms with van der Waals surface area (Å²) in [4.78, 5) is 11.0. The molecule has 3 nitrogen and oxygen atoms in total. The van der Waals surface area contributed by atoms with Gasteiger partial charge in [-0.1, -0.05) is 18.2 Å². The molecular weight excluding hydrogens is 161 g/mol. The van der Waals surface area contributed by atoms with Crippen molar-refractivity contribution in [3.05, 3.63) is 24.3 Å². The maximum absolute atomic E-state index is 12.3. The molecule has 4 heteroatoms. The fourth-order valence-electron chi connectivity index (χ4n) is 1.03. The van der Waals surface area contributed by atoms with Crippen LogP contribution in [0, 0.1) is 0 Å². The predicted molar refractivity (Wildman–Crippen MR) is 41.9 cm³/mol. The zero-order chi connectivity index (χ0) is 9.19. The van der Waals surface area contributed by atoms with Crippen LogP contribution >= 0.6 is 0 Å². The Bertz CT molecular complexity index is 247. The number of allylic oxidation sites excluding steroid dienone is 2. The van der Waals surface area contributed by atoms with Crippen LogP contribution in [0.3, 0.4) is 0 Å². The summed E-state index contributed by atoms with van der Waals surface area (Å²) in [6.45, 7) is 0. The second kappa shape index (κ2) is 3.16. The summed E-state index contributed by atoms with van der Waals surface area (Å²) in [6.07, 6.45) is 3.95. The molecule has 3 N–H and O–H groups in total. The normalized spacial score (nSPS) is 30.2. The Labute approximate surface area is 69.4 Å². The van der Waals surface area contributed by atoms with Gasteiger partial charge in [0.1, 0.15) is 5.60 Å². The van der Waals surface area contributed by atoms with Gasteiger partial charge < -0.3 is 5.11 Å². The molecule has 2 atom stereocenters. The lowest BCUT2D eigenvalue weighted by molar-refractivity contribution is -0.137. The third-order valence-corrected chi connectivity index (χ3v) is 1.73. The number of alkyl halides is 1. The van der Waals surface area contributed by atoms with Crippen molar-refractivity contribution in [3.63, 3.8) is 0 Å². The van der Waals surface area contributed by atoms with Crippen LogP contribution in [-0.4, -0.2) is 22.8 Å². The van der Waals surface area contributed by atoms with Crippen molar-refractivity contribution in [2.45, 2.75) is 18.3 Å². The van der Waals surface area contributed by atoms with Crippen LogP contribution in [0.4, 0.5) is 4.39 Å². The van der Waals surface area contributed by atoms with Gasteiger partial charge in [-0.15, -0.1) is 0 Å². The van der Waals surface area contributed by atoms with E-state index >= 15 is 0 Å². The molecule has 1 aliphatic rings. The van der Waals surface area contributed by atoms with Crippen LogP contribution in [0.5, 0.6) is 0 Å². The largest absolute Gasteiger partial charge is 0.377 e. The van der Waals surface area contributed by atoms with Gasteiger partial charge in [0.2, 0.25) is 12.1 Å². The Morgan fingerprint density at radius 3 is 2.75 bits per heavy atom. The first-order valence-electron chi connectivity index (χ1n) is 3.57. The zero-order valence-corrected chi connectivity index (χ0v) is 6.40. The minimum atomic E-state index is -2.12. The van der Waals surface area contributed by atoms with Crippen molar-refractivity contribution in [2.75, 3.05) is 0 Å². The number of hydrogen-bond acceptors (Lipinski definition) is 3. The van der Waals surface area contributed by atoms with Gasteiger partial charge >= 0.3 is 0 Å². The van der Waals surface area contributed by atoms with Gasteiger partial charge in [0, 0.05) is 6.42 Å². The number of ketones is 1. The first-order valence-corrected chi connectivity index (χ1v) is 3.57. The smallest absolute Gasteiger partial charge is 0.217 e. The van der Waals surface area contributed by atoms with Crippen molar-refractivity contribution < 1.29 is 14.3 Å². The van der Waals surface area contributed by atoms with E-state index in [1.54, 1.807) is 12.2 Å². The average molecular weight is 171 g/mol. The standard InChI is InChI=1S/C8H10FNO2/c9-7(10)6(11)8(12)4-2-1-3-5-8/h1-4,7,12H,5,10H2/t7-,8+/m1/s1. The van der Waals surface area contributed by atoms with Crippen molar-refractivity contribution in [2.24, 2.45) is 5.73 Å². The molecular formula is C8H10FNO2. The van der Waals surface area contributed by atoms with Crippen LogP contribution in [0.2, 0.25) is 0 Å². The molecule has 0 heterocycles. The number of aliphatic hydroxyl groups is 1. The number of rotatable bonds is 2. The van der Waals surface area contributed by atoms with E-state index in [4.69, 9.17) is 5.73 Å². The third kappa shape index (κ3) is 1.60. The van der Waals surface area contributed by atoms with Gasteiger partial charge in [-0.2, -0.15) is 0 Å². The van der Waals surface area contributed by atoms with Gasteiger partial charge in [-0.05, 0) is 6.08 Å². The lowest BCUT2D eigenvalue weighted by Gasteiger charge is -2.23. The summed E-state index contributed by atoms with van der Waals surface area (Å²) in [7, 11) is 0. The third-order valence-electron chi connectivity index (χ3n) is 1.73. The summed E-state index contributed by atoms with van der Waals surface area (Å²) in [5.74, 6) is -0.997. The number of carbonyl (C=O) groups is 1. The second-order valence-electron chi connectivity index (χ2n) is 2.68. The maximum atomic E-state index is 12.3. The van der Waals surface area contributed by atoms with Crippen molar-refractivity contribution in [1.82, 2.24) is 0 Å². The number of halogens is 1. The van der Waals surface area contributed by atoms with Crippen LogP contribution in [0.1, 0.15) is 6.42 Å². The second-order valence-corrected chi connectivity index (χ2v) is 2.68. The summed E-state index contributed by atoms with van der Waals surface area (Å²) < 4.78 is 12.3. The predicted octanol–water partition coefficient (Wildman–Crippen LogP) is 0.0570. The molecule has 0 amide bonds. The van der Waals surface area contributed by atoms with Crippen LogP contribution in [-0.2, 0) is 4.79 Å². The van der Waals surface area contributed by atoms with E-state index in [9.17, 15) is 14.3 Å². The van der Waals surface area contributed by atoms with Gasteiger partial charge in [0.05, 0.1) is 0 Å². The Hall–Kier alpha value is -1.00. The molecule has 0 bridgehead atoms. The van der Waals surface area contributed by atoms with E-state index in [1.165, 1.54) is 12.2 Å². The minimum absolute atomic E-state index is 0.0833. The Balaban J connectivity index is 2.79. The number of nitrogens with two attached hydrogens (primary N) is 1. The lowest BCUT2D eigenvalue weighted by Crippen LogP contribution is -2.45. The molecule has 0 fully saturated rings. The molecule has 12 heavy (non-hydrogen) atoms. The molecule has 0 radical (unpaired) electrons. The van der Waals surface area contributed by atoms with E-state index in [0.717, 1.165) is 0 Å². The highest BCUT2D eigenvalue weighted by Gasteiger charge is 2.36. The molecule has 0 aliphatic heterocycles. The van der Waals surface area contributed by atoms with E-state index in [0.29, 0.717) is 0 Å². The molecule has 0 saturated heterocycles. The monoisotopic (exact) mass is 171 g/mol. The van der Waals surface area contributed by atoms with Crippen LogP contribution < -0.4 is 5.73 Å². The van der Waals surface area contributed by atoms with E-state index in [1.807, 2.05) is 0 Å². The van der Waals surface area contributed by atoms with E-state index in [-0.39, 0.29) is 6.42 Å². The molecule has 0 saturated carbocycles. The average Bonchev–Trinajstić information content (AvgIpc) is 2.04. The molecule has 0 spiro atoms. The first-order chi connectivity index (χ1) is 5.56. The van der Waals surface area contributed by atoms with Gasteiger partial charge in [0.25, 0.3) is 0 Å². The fraction of sp³-hybridized carbons (Fsp3) is 0.375. The van der Waals surface area contributed by atoms with Gasteiger partial charge in [0.15, 0.2) is 0 Å². The maximum Gasteiger partial charge on any atom is 0.217 e. The highest BCUT2D eigenvalue weighted by molar-refractivity contribution is 5.92. The molecule has 0 aromatic rings. The van der Waals surface area contributed by atoms with Crippen LogP contribution in [0.25, 0.3) is 0 Å². The van der Waals surface area contributed by atoms with Crippen molar-refractivity contribution >= 4 is 5.78 Å². The lowest BCUT2D eigenvalue weighted by atomic mass is 9.90. The Kier molecular flexibility index (Phi) is 2.40. The number of hydrogen-bond donors (Lipinski definition) is 2. The highest BCUT2D eigenvalue weighted by Crippen LogP contribution is 2.19. The summed E-state index contributed by atoms with van der Waals surface area (Å²) in [6, 6.07) is 0. The number of carbonyl (C=O) groups excluding carboxylic acids is 1. The SMILES string of the molecule is N[C@@H](F)C(=O)[C@]1(O)C=CC=CC1. The zero-order valence-electron chi connectivity index (χ0n) is 6.40. The molecule has 1 aliphatic carbocycles.